The molecule has 0 spiro atoms. The Hall–Kier alpha value is -2.77. The van der Waals surface area contributed by atoms with E-state index in [1.54, 1.807) is 13.1 Å². The van der Waals surface area contributed by atoms with Crippen LogP contribution in [0, 0.1) is 12.8 Å². The van der Waals surface area contributed by atoms with E-state index in [9.17, 15) is 9.59 Å². The second-order valence-electron chi connectivity index (χ2n) is 8.48. The Morgan fingerprint density at radius 2 is 2.03 bits per heavy atom. The van der Waals surface area contributed by atoms with Gasteiger partial charge in [-0.3, -0.25) is 9.59 Å². The van der Waals surface area contributed by atoms with Gasteiger partial charge in [0.25, 0.3) is 0 Å². The van der Waals surface area contributed by atoms with Gasteiger partial charge < -0.3 is 9.47 Å². The number of pyridine rings is 1. The molecule has 1 aliphatic rings. The van der Waals surface area contributed by atoms with E-state index in [-0.39, 0.29) is 18.0 Å². The van der Waals surface area contributed by atoms with Crippen molar-refractivity contribution >= 4 is 12.3 Å². The van der Waals surface area contributed by atoms with Gasteiger partial charge in [-0.05, 0) is 65.5 Å². The summed E-state index contributed by atoms with van der Waals surface area (Å²) < 4.78 is 13.1. The number of hydrogen-bond acceptors (Lipinski definition) is 7. The summed E-state index contributed by atoms with van der Waals surface area (Å²) in [4.78, 5) is 28.2. The van der Waals surface area contributed by atoms with E-state index in [1.165, 1.54) is 4.68 Å². The number of aromatic nitrogens is 4. The molecule has 8 nitrogen and oxygen atoms in total. The molecule has 2 aromatic heterocycles. The number of ether oxygens (including phenoxy) is 2. The van der Waals surface area contributed by atoms with Crippen LogP contribution in [0.25, 0.3) is 11.4 Å². The van der Waals surface area contributed by atoms with Crippen molar-refractivity contribution in [1.29, 1.82) is 0 Å². The molecular weight excluding hydrogens is 372 g/mol. The third-order valence-electron chi connectivity index (χ3n) is 4.92. The van der Waals surface area contributed by atoms with Gasteiger partial charge in [-0.15, -0.1) is 5.10 Å². The Bertz CT molecular complexity index is 901. The van der Waals surface area contributed by atoms with E-state index in [0.717, 1.165) is 25.5 Å². The van der Waals surface area contributed by atoms with Crippen LogP contribution in [0.5, 0.6) is 5.75 Å². The van der Waals surface area contributed by atoms with Gasteiger partial charge in [-0.2, -0.15) is 0 Å². The minimum atomic E-state index is -0.484. The molecule has 0 N–H and O–H groups in total. The highest BCUT2D eigenvalue weighted by atomic mass is 16.6. The van der Waals surface area contributed by atoms with Crippen LogP contribution < -0.4 is 4.74 Å². The van der Waals surface area contributed by atoms with Crippen molar-refractivity contribution in [3.8, 4) is 17.1 Å². The van der Waals surface area contributed by atoms with E-state index in [2.05, 4.69) is 15.3 Å². The summed E-state index contributed by atoms with van der Waals surface area (Å²) in [6.45, 7) is 7.49. The Morgan fingerprint density at radius 1 is 1.28 bits per heavy atom. The lowest BCUT2D eigenvalue weighted by Crippen LogP contribution is -2.34. The summed E-state index contributed by atoms with van der Waals surface area (Å²) in [6, 6.07) is 3.60. The number of aldehydes is 1. The van der Waals surface area contributed by atoms with Crippen LogP contribution >= 0.6 is 0 Å². The number of nitrogens with zero attached hydrogens (tertiary/aromatic N) is 4. The first kappa shape index (κ1) is 21.0. The number of rotatable bonds is 5. The van der Waals surface area contributed by atoms with Crippen molar-refractivity contribution in [3.05, 3.63) is 23.5 Å². The van der Waals surface area contributed by atoms with Crippen LogP contribution in [-0.2, 0) is 16.6 Å². The van der Waals surface area contributed by atoms with E-state index >= 15 is 0 Å². The fourth-order valence-corrected chi connectivity index (χ4v) is 3.51. The van der Waals surface area contributed by atoms with Crippen molar-refractivity contribution < 1.29 is 19.1 Å². The molecule has 0 radical (unpaired) electrons. The first-order valence-corrected chi connectivity index (χ1v) is 9.90. The average molecular weight is 400 g/mol. The largest absolute Gasteiger partial charge is 0.489 e. The monoisotopic (exact) mass is 400 g/mol. The molecule has 2 atom stereocenters. The van der Waals surface area contributed by atoms with Gasteiger partial charge in [0.15, 0.2) is 6.29 Å². The molecule has 1 aliphatic carbocycles. The lowest BCUT2D eigenvalue weighted by atomic mass is 9.87. The smallest absolute Gasteiger partial charge is 0.309 e. The Morgan fingerprint density at radius 3 is 2.69 bits per heavy atom. The molecule has 0 bridgehead atoms. The maximum absolute atomic E-state index is 12.4. The molecule has 0 saturated heterocycles. The summed E-state index contributed by atoms with van der Waals surface area (Å²) >= 11 is 0. The van der Waals surface area contributed by atoms with Crippen LogP contribution in [0.1, 0.15) is 62.6 Å². The highest BCUT2D eigenvalue weighted by Crippen LogP contribution is 2.31. The third-order valence-corrected chi connectivity index (χ3v) is 4.92. The van der Waals surface area contributed by atoms with Crippen LogP contribution in [0.4, 0.5) is 0 Å². The number of esters is 1. The number of aryl methyl sites for hydroxylation is 2. The molecule has 1 saturated carbocycles. The molecular formula is C21H28N4O4. The summed E-state index contributed by atoms with van der Waals surface area (Å²) in [5.74, 6) is 0.371. The van der Waals surface area contributed by atoms with Crippen molar-refractivity contribution in [2.75, 3.05) is 0 Å². The van der Waals surface area contributed by atoms with Crippen LogP contribution in [0.3, 0.4) is 0 Å². The SMILES string of the molecule is Cc1nc(-c2nnn(C)c2C=O)ccc1O[C@H]1CCC[C@H](C(=O)OC(C)(C)C)C1. The van der Waals surface area contributed by atoms with Crippen molar-refractivity contribution in [2.45, 2.75) is 65.1 Å². The molecule has 0 aliphatic heterocycles. The van der Waals surface area contributed by atoms with E-state index in [0.29, 0.717) is 34.9 Å². The molecule has 2 heterocycles. The topological polar surface area (TPSA) is 96.2 Å². The quantitative estimate of drug-likeness (QED) is 0.561. The van der Waals surface area contributed by atoms with Crippen molar-refractivity contribution in [1.82, 2.24) is 20.0 Å². The highest BCUT2D eigenvalue weighted by Gasteiger charge is 2.32. The Kier molecular flexibility index (Phi) is 6.00. The highest BCUT2D eigenvalue weighted by molar-refractivity contribution is 5.82. The maximum Gasteiger partial charge on any atom is 0.309 e. The predicted octanol–water partition coefficient (Wildman–Crippen LogP) is 3.28. The lowest BCUT2D eigenvalue weighted by Gasteiger charge is -2.30. The van der Waals surface area contributed by atoms with Gasteiger partial charge in [-0.25, -0.2) is 9.67 Å². The van der Waals surface area contributed by atoms with Gasteiger partial charge in [0, 0.05) is 7.05 Å². The minimum absolute atomic E-state index is 0.0605. The van der Waals surface area contributed by atoms with E-state index in [4.69, 9.17) is 9.47 Å². The Balaban J connectivity index is 1.70. The van der Waals surface area contributed by atoms with E-state index in [1.807, 2.05) is 33.8 Å². The first-order valence-electron chi connectivity index (χ1n) is 9.90. The van der Waals surface area contributed by atoms with Gasteiger partial charge in [-0.1, -0.05) is 5.21 Å². The number of carbonyl (C=O) groups excluding carboxylic acids is 2. The van der Waals surface area contributed by atoms with Gasteiger partial charge in [0.2, 0.25) is 0 Å². The zero-order valence-corrected chi connectivity index (χ0v) is 17.6. The predicted molar refractivity (Wildman–Crippen MR) is 107 cm³/mol. The molecule has 0 unspecified atom stereocenters. The normalized spacial score (nSPS) is 19.6. The molecule has 2 aromatic rings. The summed E-state index contributed by atoms with van der Waals surface area (Å²) in [5, 5.41) is 7.91. The Labute approximate surface area is 170 Å². The van der Waals surface area contributed by atoms with Gasteiger partial charge >= 0.3 is 5.97 Å². The fourth-order valence-electron chi connectivity index (χ4n) is 3.51. The lowest BCUT2D eigenvalue weighted by molar-refractivity contribution is -0.162. The molecule has 8 heteroatoms. The molecule has 1 fully saturated rings. The number of hydrogen-bond donors (Lipinski definition) is 0. The molecule has 156 valence electrons. The first-order chi connectivity index (χ1) is 13.7. The fraction of sp³-hybridized carbons (Fsp3) is 0.571. The average Bonchev–Trinajstić information content (AvgIpc) is 3.03. The van der Waals surface area contributed by atoms with Crippen LogP contribution in [0.15, 0.2) is 12.1 Å². The molecule has 0 aromatic carbocycles. The second kappa shape index (κ2) is 8.31. The standard InChI is InChI=1S/C21H28N4O4/c1-13-18(10-9-16(22-13)19-17(12-26)25(5)24-23-19)28-15-8-6-7-14(11-15)20(27)29-21(2,3)4/h9-10,12,14-15H,6-8,11H2,1-5H3/t14-,15-/m0/s1. The van der Waals surface area contributed by atoms with E-state index < -0.39 is 5.60 Å². The summed E-state index contributed by atoms with van der Waals surface area (Å²) in [5.41, 5.74) is 1.60. The maximum atomic E-state index is 12.4. The zero-order chi connectivity index (χ0) is 21.2. The molecule has 29 heavy (non-hydrogen) atoms. The van der Waals surface area contributed by atoms with Crippen LogP contribution in [-0.4, -0.2) is 43.9 Å². The summed E-state index contributed by atoms with van der Waals surface area (Å²) in [7, 11) is 1.66. The van der Waals surface area contributed by atoms with Crippen LogP contribution in [0.2, 0.25) is 0 Å². The zero-order valence-electron chi connectivity index (χ0n) is 17.6. The summed E-state index contributed by atoms with van der Waals surface area (Å²) in [6.07, 6.45) is 3.92. The van der Waals surface area contributed by atoms with Gasteiger partial charge in [0.05, 0.1) is 23.4 Å². The van der Waals surface area contributed by atoms with Gasteiger partial charge in [0.1, 0.15) is 22.7 Å². The minimum Gasteiger partial charge on any atom is -0.489 e. The molecule has 3 rings (SSSR count). The molecule has 0 amide bonds. The second-order valence-corrected chi connectivity index (χ2v) is 8.48. The van der Waals surface area contributed by atoms with Crippen molar-refractivity contribution in [2.24, 2.45) is 13.0 Å². The number of carbonyl (C=O) groups is 2. The van der Waals surface area contributed by atoms with Crippen molar-refractivity contribution in [3.63, 3.8) is 0 Å². The third kappa shape index (κ3) is 4.99.